The van der Waals surface area contributed by atoms with Crippen LogP contribution in [0.2, 0.25) is 0 Å². The number of rotatable bonds is 3. The zero-order chi connectivity index (χ0) is 11.5. The fourth-order valence-electron chi connectivity index (χ4n) is 1.48. The Hall–Kier alpha value is -0.710. The predicted octanol–water partition coefficient (Wildman–Crippen LogP) is 3.49. The van der Waals surface area contributed by atoms with Crippen molar-refractivity contribution in [3.05, 3.63) is 50.4 Å². The summed E-state index contributed by atoms with van der Waals surface area (Å²) in [7, 11) is 0. The van der Waals surface area contributed by atoms with Crippen LogP contribution in [0.4, 0.5) is 0 Å². The van der Waals surface area contributed by atoms with E-state index < -0.39 is 6.10 Å². The molecule has 1 aromatic carbocycles. The fraction of sp³-hybridized carbons (Fsp3) is 0.250. The number of benzene rings is 1. The third-order valence-corrected chi connectivity index (χ3v) is 3.85. The van der Waals surface area contributed by atoms with E-state index in [9.17, 15) is 5.11 Å². The zero-order valence-electron chi connectivity index (χ0n) is 8.85. The summed E-state index contributed by atoms with van der Waals surface area (Å²) < 4.78 is 1.05. The van der Waals surface area contributed by atoms with Crippen molar-refractivity contribution in [1.29, 1.82) is 0 Å². The number of thiazole rings is 1. The molecule has 0 amide bonds. The molecule has 0 aliphatic carbocycles. The third-order valence-electron chi connectivity index (χ3n) is 2.31. The topological polar surface area (TPSA) is 33.1 Å². The molecule has 0 saturated heterocycles. The summed E-state index contributed by atoms with van der Waals surface area (Å²) in [5.74, 6) is 0. The second-order valence-electron chi connectivity index (χ2n) is 3.63. The van der Waals surface area contributed by atoms with E-state index in [0.717, 1.165) is 19.9 Å². The van der Waals surface area contributed by atoms with Crippen LogP contribution < -0.4 is 0 Å². The van der Waals surface area contributed by atoms with Gasteiger partial charge in [-0.25, -0.2) is 4.98 Å². The maximum atomic E-state index is 10.0. The number of aryl methyl sites for hydroxylation is 1. The number of halogens is 1. The van der Waals surface area contributed by atoms with E-state index in [1.54, 1.807) is 17.5 Å². The van der Waals surface area contributed by atoms with Crippen molar-refractivity contribution in [2.45, 2.75) is 19.4 Å². The highest BCUT2D eigenvalue weighted by molar-refractivity contribution is 9.10. The molecule has 84 valence electrons. The molecule has 0 fully saturated rings. The van der Waals surface area contributed by atoms with E-state index in [2.05, 4.69) is 20.9 Å². The zero-order valence-corrected chi connectivity index (χ0v) is 11.3. The second-order valence-corrected chi connectivity index (χ2v) is 5.81. The second kappa shape index (κ2) is 5.08. The summed E-state index contributed by atoms with van der Waals surface area (Å²) in [6, 6.07) is 8.00. The van der Waals surface area contributed by atoms with Crippen molar-refractivity contribution < 1.29 is 5.11 Å². The van der Waals surface area contributed by atoms with Gasteiger partial charge in [-0.05, 0) is 24.6 Å². The molecular formula is C12H12BrNOS. The van der Waals surface area contributed by atoms with E-state index >= 15 is 0 Å². The minimum Gasteiger partial charge on any atom is -0.387 e. The number of aromatic nitrogens is 1. The largest absolute Gasteiger partial charge is 0.387 e. The molecule has 2 rings (SSSR count). The number of nitrogens with zero attached hydrogens (tertiary/aromatic N) is 1. The van der Waals surface area contributed by atoms with Gasteiger partial charge in [-0.2, -0.15) is 0 Å². The Balaban J connectivity index is 2.07. The van der Waals surface area contributed by atoms with Gasteiger partial charge in [0.25, 0.3) is 0 Å². The molecule has 16 heavy (non-hydrogen) atoms. The molecule has 4 heteroatoms. The highest BCUT2D eigenvalue weighted by Crippen LogP contribution is 2.24. The molecule has 1 aromatic heterocycles. The maximum absolute atomic E-state index is 10.0. The standard InChI is InChI=1S/C12H12BrNOS/c1-8-14-7-12(16-8)11(15)6-9-2-4-10(13)5-3-9/h2-5,7,11,15H,6H2,1H3. The minimum atomic E-state index is -0.452. The summed E-state index contributed by atoms with van der Waals surface area (Å²) in [6.07, 6.45) is 1.94. The third kappa shape index (κ3) is 2.90. The average molecular weight is 298 g/mol. The summed E-state index contributed by atoms with van der Waals surface area (Å²) in [5.41, 5.74) is 1.13. The summed E-state index contributed by atoms with van der Waals surface area (Å²) in [4.78, 5) is 5.08. The Morgan fingerprint density at radius 1 is 1.38 bits per heavy atom. The molecule has 1 heterocycles. The van der Waals surface area contributed by atoms with Crippen LogP contribution in [0.15, 0.2) is 34.9 Å². The quantitative estimate of drug-likeness (QED) is 0.941. The number of aliphatic hydroxyl groups is 1. The van der Waals surface area contributed by atoms with Crippen LogP contribution in [0.3, 0.4) is 0 Å². The Labute approximate surface area is 107 Å². The molecule has 0 bridgehead atoms. The molecule has 0 aliphatic rings. The molecule has 1 unspecified atom stereocenters. The van der Waals surface area contributed by atoms with Crippen molar-refractivity contribution in [1.82, 2.24) is 4.98 Å². The highest BCUT2D eigenvalue weighted by atomic mass is 79.9. The van der Waals surface area contributed by atoms with Gasteiger partial charge in [0.05, 0.1) is 16.0 Å². The van der Waals surface area contributed by atoms with Crippen LogP contribution in [0.1, 0.15) is 21.6 Å². The van der Waals surface area contributed by atoms with Gasteiger partial charge in [0.1, 0.15) is 0 Å². The van der Waals surface area contributed by atoms with Crippen LogP contribution in [-0.2, 0) is 6.42 Å². The minimum absolute atomic E-state index is 0.452. The lowest BCUT2D eigenvalue weighted by molar-refractivity contribution is 0.182. The first kappa shape index (κ1) is 11.8. The van der Waals surface area contributed by atoms with Gasteiger partial charge in [-0.1, -0.05) is 28.1 Å². The highest BCUT2D eigenvalue weighted by Gasteiger charge is 2.11. The van der Waals surface area contributed by atoms with Crippen LogP contribution in [0.25, 0.3) is 0 Å². The van der Waals surface area contributed by atoms with Crippen molar-refractivity contribution in [2.24, 2.45) is 0 Å². The van der Waals surface area contributed by atoms with Gasteiger partial charge in [-0.15, -0.1) is 11.3 Å². The van der Waals surface area contributed by atoms with Crippen molar-refractivity contribution in [3.8, 4) is 0 Å². The fourth-order valence-corrected chi connectivity index (χ4v) is 2.51. The van der Waals surface area contributed by atoms with Gasteiger partial charge in [0.2, 0.25) is 0 Å². The smallest absolute Gasteiger partial charge is 0.0938 e. The van der Waals surface area contributed by atoms with Gasteiger partial charge in [-0.3, -0.25) is 0 Å². The van der Waals surface area contributed by atoms with Crippen LogP contribution in [0, 0.1) is 6.92 Å². The summed E-state index contributed by atoms with van der Waals surface area (Å²) in [6.45, 7) is 1.94. The van der Waals surface area contributed by atoms with Crippen molar-refractivity contribution in [3.63, 3.8) is 0 Å². The van der Waals surface area contributed by atoms with Crippen LogP contribution in [-0.4, -0.2) is 10.1 Å². The molecule has 0 spiro atoms. The van der Waals surface area contributed by atoms with Gasteiger partial charge in [0.15, 0.2) is 0 Å². The van der Waals surface area contributed by atoms with E-state index in [-0.39, 0.29) is 0 Å². The Bertz CT molecular complexity index is 466. The first-order valence-electron chi connectivity index (χ1n) is 5.00. The molecule has 2 nitrogen and oxygen atoms in total. The Morgan fingerprint density at radius 3 is 2.62 bits per heavy atom. The molecule has 0 radical (unpaired) electrons. The van der Waals surface area contributed by atoms with Crippen molar-refractivity contribution in [2.75, 3.05) is 0 Å². The van der Waals surface area contributed by atoms with E-state index in [0.29, 0.717) is 6.42 Å². The predicted molar refractivity (Wildman–Crippen MR) is 69.7 cm³/mol. The molecule has 0 saturated carbocycles. The van der Waals surface area contributed by atoms with Gasteiger partial charge >= 0.3 is 0 Å². The van der Waals surface area contributed by atoms with Crippen LogP contribution >= 0.6 is 27.3 Å². The maximum Gasteiger partial charge on any atom is 0.0938 e. The van der Waals surface area contributed by atoms with Gasteiger partial charge in [0, 0.05) is 17.1 Å². The van der Waals surface area contributed by atoms with Crippen LogP contribution in [0.5, 0.6) is 0 Å². The molecule has 1 N–H and O–H groups in total. The lowest BCUT2D eigenvalue weighted by atomic mass is 10.1. The summed E-state index contributed by atoms with van der Waals surface area (Å²) >= 11 is 4.94. The number of hydrogen-bond acceptors (Lipinski definition) is 3. The summed E-state index contributed by atoms with van der Waals surface area (Å²) in [5, 5.41) is 11.0. The van der Waals surface area contributed by atoms with E-state index in [1.165, 1.54) is 0 Å². The molecule has 2 aromatic rings. The monoisotopic (exact) mass is 297 g/mol. The normalized spacial score (nSPS) is 12.7. The number of hydrogen-bond donors (Lipinski definition) is 1. The van der Waals surface area contributed by atoms with Crippen molar-refractivity contribution >= 4 is 27.3 Å². The van der Waals surface area contributed by atoms with E-state index in [1.807, 2.05) is 31.2 Å². The number of aliphatic hydroxyl groups excluding tert-OH is 1. The van der Waals surface area contributed by atoms with E-state index in [4.69, 9.17) is 0 Å². The Kier molecular flexibility index (Phi) is 3.74. The Morgan fingerprint density at radius 2 is 2.06 bits per heavy atom. The molecule has 1 atom stereocenters. The van der Waals surface area contributed by atoms with Gasteiger partial charge < -0.3 is 5.11 Å². The molecule has 0 aliphatic heterocycles. The lowest BCUT2D eigenvalue weighted by Crippen LogP contribution is -1.99. The first-order chi connectivity index (χ1) is 7.65. The lowest BCUT2D eigenvalue weighted by Gasteiger charge is -2.07. The SMILES string of the molecule is Cc1ncc(C(O)Cc2ccc(Br)cc2)s1. The first-order valence-corrected chi connectivity index (χ1v) is 6.61. The average Bonchev–Trinajstić information content (AvgIpc) is 2.68. The molecular weight excluding hydrogens is 286 g/mol.